The Morgan fingerprint density at radius 3 is 2.67 bits per heavy atom. The second kappa shape index (κ2) is 6.81. The van der Waals surface area contributed by atoms with E-state index in [9.17, 15) is 4.79 Å². The molecule has 1 aliphatic heterocycles. The maximum Gasteiger partial charge on any atom is 0.315 e. The number of urea groups is 1. The molecule has 2 rings (SSSR count). The van der Waals surface area contributed by atoms with Crippen LogP contribution in [0.5, 0.6) is 0 Å². The highest BCUT2D eigenvalue weighted by Crippen LogP contribution is 2.02. The van der Waals surface area contributed by atoms with Crippen LogP contribution in [0.25, 0.3) is 0 Å². The van der Waals surface area contributed by atoms with Gasteiger partial charge in [0.1, 0.15) is 0 Å². The molecular formula is C14H19N3O. The minimum absolute atomic E-state index is 0.113. The number of rotatable bonds is 4. The molecule has 0 fully saturated rings. The summed E-state index contributed by atoms with van der Waals surface area (Å²) in [6.45, 7) is 3.11. The first-order valence-electron chi connectivity index (χ1n) is 6.29. The molecule has 0 spiro atoms. The lowest BCUT2D eigenvalue weighted by Gasteiger charge is -2.14. The third-order valence-electron chi connectivity index (χ3n) is 2.93. The van der Waals surface area contributed by atoms with E-state index < -0.39 is 0 Å². The third kappa shape index (κ3) is 4.22. The van der Waals surface area contributed by atoms with E-state index in [0.29, 0.717) is 13.1 Å². The van der Waals surface area contributed by atoms with Gasteiger partial charge in [-0.05, 0) is 18.5 Å². The van der Waals surface area contributed by atoms with Crippen LogP contribution in [0.4, 0.5) is 4.79 Å². The largest absolute Gasteiger partial charge is 0.334 e. The van der Waals surface area contributed by atoms with Crippen molar-refractivity contribution >= 4 is 6.03 Å². The van der Waals surface area contributed by atoms with Crippen molar-refractivity contribution in [3.05, 3.63) is 47.5 Å². The van der Waals surface area contributed by atoms with Crippen LogP contribution < -0.4 is 16.0 Å². The molecule has 0 unspecified atom stereocenters. The molecule has 0 aliphatic carbocycles. The van der Waals surface area contributed by atoms with E-state index in [4.69, 9.17) is 0 Å². The number of benzene rings is 1. The van der Waals surface area contributed by atoms with Gasteiger partial charge in [-0.3, -0.25) is 0 Å². The molecule has 4 nitrogen and oxygen atoms in total. The molecule has 0 saturated heterocycles. The summed E-state index contributed by atoms with van der Waals surface area (Å²) in [6, 6.07) is 9.78. The van der Waals surface area contributed by atoms with E-state index in [-0.39, 0.29) is 6.03 Å². The van der Waals surface area contributed by atoms with Gasteiger partial charge in [0.05, 0.1) is 0 Å². The molecule has 0 radical (unpaired) electrons. The molecule has 0 bridgehead atoms. The minimum Gasteiger partial charge on any atom is -0.334 e. The smallest absolute Gasteiger partial charge is 0.315 e. The van der Waals surface area contributed by atoms with Crippen molar-refractivity contribution in [1.29, 1.82) is 0 Å². The zero-order chi connectivity index (χ0) is 12.6. The third-order valence-corrected chi connectivity index (χ3v) is 2.93. The van der Waals surface area contributed by atoms with Crippen LogP contribution in [0.1, 0.15) is 12.0 Å². The highest BCUT2D eigenvalue weighted by molar-refractivity contribution is 5.74. The van der Waals surface area contributed by atoms with Crippen molar-refractivity contribution in [3.63, 3.8) is 0 Å². The number of carbonyl (C=O) groups is 1. The fraction of sp³-hybridized carbons (Fsp3) is 0.357. The van der Waals surface area contributed by atoms with Gasteiger partial charge >= 0.3 is 6.03 Å². The first-order valence-corrected chi connectivity index (χ1v) is 6.29. The molecule has 0 aromatic heterocycles. The average Bonchev–Trinajstić information content (AvgIpc) is 2.45. The van der Waals surface area contributed by atoms with Crippen LogP contribution in [0, 0.1) is 0 Å². The Kier molecular flexibility index (Phi) is 4.78. The van der Waals surface area contributed by atoms with Gasteiger partial charge in [0, 0.05) is 19.6 Å². The first-order chi connectivity index (χ1) is 8.84. The topological polar surface area (TPSA) is 53.2 Å². The number of hydrogen-bond acceptors (Lipinski definition) is 2. The van der Waals surface area contributed by atoms with Crippen LogP contribution >= 0.6 is 0 Å². The lowest BCUT2D eigenvalue weighted by molar-refractivity contribution is 0.241. The van der Waals surface area contributed by atoms with Crippen molar-refractivity contribution < 1.29 is 4.79 Å². The van der Waals surface area contributed by atoms with Crippen molar-refractivity contribution in [1.82, 2.24) is 16.0 Å². The van der Waals surface area contributed by atoms with E-state index in [1.165, 1.54) is 5.57 Å². The van der Waals surface area contributed by atoms with Gasteiger partial charge < -0.3 is 16.0 Å². The lowest BCUT2D eigenvalue weighted by atomic mass is 10.1. The van der Waals surface area contributed by atoms with E-state index in [1.54, 1.807) is 0 Å². The van der Waals surface area contributed by atoms with Gasteiger partial charge in [-0.1, -0.05) is 42.0 Å². The molecule has 0 saturated carbocycles. The molecule has 1 aromatic carbocycles. The van der Waals surface area contributed by atoms with E-state index in [0.717, 1.165) is 25.1 Å². The summed E-state index contributed by atoms with van der Waals surface area (Å²) < 4.78 is 0. The maximum atomic E-state index is 11.6. The summed E-state index contributed by atoms with van der Waals surface area (Å²) >= 11 is 0. The molecule has 4 heteroatoms. The zero-order valence-corrected chi connectivity index (χ0v) is 10.4. The van der Waals surface area contributed by atoms with Crippen LogP contribution in [0.15, 0.2) is 42.0 Å². The summed E-state index contributed by atoms with van der Waals surface area (Å²) in [7, 11) is 0. The summed E-state index contributed by atoms with van der Waals surface area (Å²) in [5, 5.41) is 8.97. The van der Waals surface area contributed by atoms with Gasteiger partial charge in [-0.25, -0.2) is 4.79 Å². The predicted molar refractivity (Wildman–Crippen MR) is 72.3 cm³/mol. The van der Waals surface area contributed by atoms with Crippen molar-refractivity contribution in [2.45, 2.75) is 13.0 Å². The van der Waals surface area contributed by atoms with Crippen LogP contribution in [-0.2, 0) is 6.54 Å². The molecule has 18 heavy (non-hydrogen) atoms. The quantitative estimate of drug-likeness (QED) is 0.702. The summed E-state index contributed by atoms with van der Waals surface area (Å²) in [5.41, 5.74) is 2.40. The SMILES string of the molecule is O=C(NCC1=CCNCC1)NCc1ccccc1. The van der Waals surface area contributed by atoms with E-state index >= 15 is 0 Å². The first kappa shape index (κ1) is 12.6. The van der Waals surface area contributed by atoms with Gasteiger partial charge in [0.15, 0.2) is 0 Å². The molecule has 1 aromatic rings. The number of amides is 2. The fourth-order valence-electron chi connectivity index (χ4n) is 1.86. The molecule has 1 heterocycles. The van der Waals surface area contributed by atoms with Crippen molar-refractivity contribution in [2.24, 2.45) is 0 Å². The van der Waals surface area contributed by atoms with Crippen molar-refractivity contribution in [3.8, 4) is 0 Å². The predicted octanol–water partition coefficient (Wildman–Crippen LogP) is 1.41. The standard InChI is InChI=1S/C14H19N3O/c18-14(16-10-12-4-2-1-3-5-12)17-11-13-6-8-15-9-7-13/h1-6,15H,7-11H2,(H2,16,17,18). The zero-order valence-electron chi connectivity index (χ0n) is 10.4. The number of nitrogens with one attached hydrogen (secondary N) is 3. The Hall–Kier alpha value is -1.81. The van der Waals surface area contributed by atoms with Crippen molar-refractivity contribution in [2.75, 3.05) is 19.6 Å². The Bertz CT molecular complexity index is 414. The summed E-state index contributed by atoms with van der Waals surface area (Å²) in [5.74, 6) is 0. The molecule has 0 atom stereocenters. The van der Waals surface area contributed by atoms with Crippen LogP contribution in [0.2, 0.25) is 0 Å². The van der Waals surface area contributed by atoms with Gasteiger partial charge in [0.2, 0.25) is 0 Å². The fourth-order valence-corrected chi connectivity index (χ4v) is 1.86. The molecule has 1 aliphatic rings. The van der Waals surface area contributed by atoms with Crippen LogP contribution in [-0.4, -0.2) is 25.7 Å². The Labute approximate surface area is 107 Å². The monoisotopic (exact) mass is 245 g/mol. The normalized spacial score (nSPS) is 14.8. The van der Waals surface area contributed by atoms with Gasteiger partial charge in [0.25, 0.3) is 0 Å². The second-order valence-corrected chi connectivity index (χ2v) is 4.34. The van der Waals surface area contributed by atoms with E-state index in [1.807, 2.05) is 30.3 Å². The molecular weight excluding hydrogens is 226 g/mol. The molecule has 3 N–H and O–H groups in total. The summed E-state index contributed by atoms with van der Waals surface area (Å²) in [6.07, 6.45) is 3.15. The second-order valence-electron chi connectivity index (χ2n) is 4.34. The highest BCUT2D eigenvalue weighted by atomic mass is 16.2. The number of hydrogen-bond donors (Lipinski definition) is 3. The Balaban J connectivity index is 1.67. The maximum absolute atomic E-state index is 11.6. The van der Waals surface area contributed by atoms with Crippen LogP contribution in [0.3, 0.4) is 0 Å². The molecule has 96 valence electrons. The Morgan fingerprint density at radius 2 is 1.94 bits per heavy atom. The minimum atomic E-state index is -0.113. The van der Waals surface area contributed by atoms with Gasteiger partial charge in [-0.2, -0.15) is 0 Å². The lowest BCUT2D eigenvalue weighted by Crippen LogP contribution is -2.37. The molecule has 2 amide bonds. The average molecular weight is 245 g/mol. The van der Waals surface area contributed by atoms with E-state index in [2.05, 4.69) is 22.0 Å². The highest BCUT2D eigenvalue weighted by Gasteiger charge is 2.05. The van der Waals surface area contributed by atoms with Gasteiger partial charge in [-0.15, -0.1) is 0 Å². The number of carbonyl (C=O) groups excluding carboxylic acids is 1. The Morgan fingerprint density at radius 1 is 1.17 bits per heavy atom. The summed E-state index contributed by atoms with van der Waals surface area (Å²) in [4.78, 5) is 11.6.